The first-order chi connectivity index (χ1) is 24.3. The first kappa shape index (κ1) is 29.0. The van der Waals surface area contributed by atoms with Crippen LogP contribution in [0.25, 0.3) is 87.7 Å². The molecule has 4 heteroatoms. The lowest BCUT2D eigenvalue weighted by molar-refractivity contribution is 1.24. The van der Waals surface area contributed by atoms with Crippen LogP contribution < -0.4 is 0 Å². The van der Waals surface area contributed by atoms with Gasteiger partial charge in [-0.15, -0.1) is 11.3 Å². The van der Waals surface area contributed by atoms with Gasteiger partial charge in [0.2, 0.25) is 0 Å². The van der Waals surface area contributed by atoms with Crippen LogP contribution in [0.5, 0.6) is 0 Å². The van der Waals surface area contributed by atoms with E-state index in [4.69, 9.17) is 15.0 Å². The minimum Gasteiger partial charge on any atom is -0.248 e. The van der Waals surface area contributed by atoms with E-state index in [9.17, 15) is 0 Å². The Balaban J connectivity index is 1.15. The molecule has 0 bridgehead atoms. The molecule has 3 aromatic heterocycles. The van der Waals surface area contributed by atoms with Crippen molar-refractivity contribution in [2.45, 2.75) is 0 Å². The Hall–Kier alpha value is -6.23. The standard InChI is InChI=1S/C45H29N3S/c1-4-14-30(15-5-1)37-28-39(31-16-6-2-7-17-31)46-40(29-37)35-22-12-20-33(26-35)34-21-13-23-36(27-34)45-47-42(32-18-8-3-9-19-32)44-43(48-45)38-24-10-11-25-41(38)49-44/h1-29H. The molecule has 0 radical (unpaired) electrons. The van der Waals surface area contributed by atoms with Gasteiger partial charge < -0.3 is 0 Å². The highest BCUT2D eigenvalue weighted by Crippen LogP contribution is 2.40. The molecule has 0 aliphatic rings. The summed E-state index contributed by atoms with van der Waals surface area (Å²) in [6.45, 7) is 0. The van der Waals surface area contributed by atoms with Gasteiger partial charge in [-0.05, 0) is 52.6 Å². The molecule has 49 heavy (non-hydrogen) atoms. The fraction of sp³-hybridized carbons (Fsp3) is 0. The highest BCUT2D eigenvalue weighted by Gasteiger charge is 2.17. The molecule has 0 aliphatic heterocycles. The van der Waals surface area contributed by atoms with Gasteiger partial charge in [0, 0.05) is 32.3 Å². The summed E-state index contributed by atoms with van der Waals surface area (Å²) in [6.07, 6.45) is 0. The van der Waals surface area contributed by atoms with E-state index in [-0.39, 0.29) is 0 Å². The summed E-state index contributed by atoms with van der Waals surface area (Å²) in [5, 5.41) is 1.16. The van der Waals surface area contributed by atoms with E-state index in [0.717, 1.165) is 83.0 Å². The molecule has 0 atom stereocenters. The van der Waals surface area contributed by atoms with Crippen molar-refractivity contribution >= 4 is 31.6 Å². The quantitative estimate of drug-likeness (QED) is 0.181. The molecule has 0 spiro atoms. The average Bonchev–Trinajstić information content (AvgIpc) is 3.57. The number of rotatable bonds is 6. The van der Waals surface area contributed by atoms with Gasteiger partial charge in [-0.1, -0.05) is 146 Å². The number of fused-ring (bicyclic) bond motifs is 3. The number of benzene rings is 6. The van der Waals surface area contributed by atoms with E-state index in [1.165, 1.54) is 4.70 Å². The van der Waals surface area contributed by atoms with Gasteiger partial charge in [0.05, 0.1) is 27.3 Å². The minimum absolute atomic E-state index is 0.720. The Morgan fingerprint density at radius 3 is 1.59 bits per heavy atom. The van der Waals surface area contributed by atoms with Crippen LogP contribution in [-0.2, 0) is 0 Å². The van der Waals surface area contributed by atoms with Crippen molar-refractivity contribution < 1.29 is 0 Å². The fourth-order valence-electron chi connectivity index (χ4n) is 6.44. The Morgan fingerprint density at radius 1 is 0.347 bits per heavy atom. The second kappa shape index (κ2) is 12.4. The number of nitrogens with zero attached hydrogens (tertiary/aromatic N) is 3. The van der Waals surface area contributed by atoms with Gasteiger partial charge in [0.1, 0.15) is 0 Å². The molecule has 9 aromatic rings. The predicted molar refractivity (Wildman–Crippen MR) is 205 cm³/mol. The SMILES string of the molecule is c1ccc(-c2cc(-c3ccccc3)nc(-c3cccc(-c4cccc(-c5nc(-c6ccccc6)c6sc7ccccc7c6n5)c4)c3)c2)cc1. The number of pyridine rings is 1. The van der Waals surface area contributed by atoms with Gasteiger partial charge >= 0.3 is 0 Å². The van der Waals surface area contributed by atoms with Crippen molar-refractivity contribution in [3.8, 4) is 67.4 Å². The molecule has 0 aliphatic carbocycles. The van der Waals surface area contributed by atoms with E-state index in [1.807, 2.05) is 12.1 Å². The maximum atomic E-state index is 5.20. The van der Waals surface area contributed by atoms with Crippen molar-refractivity contribution in [3.63, 3.8) is 0 Å². The summed E-state index contributed by atoms with van der Waals surface area (Å²) < 4.78 is 2.33. The van der Waals surface area contributed by atoms with Crippen molar-refractivity contribution in [1.82, 2.24) is 15.0 Å². The third-order valence-corrected chi connectivity index (χ3v) is 10.0. The maximum absolute atomic E-state index is 5.20. The third kappa shape index (κ3) is 5.58. The fourth-order valence-corrected chi connectivity index (χ4v) is 7.59. The Labute approximate surface area is 288 Å². The lowest BCUT2D eigenvalue weighted by atomic mass is 9.97. The van der Waals surface area contributed by atoms with E-state index < -0.39 is 0 Å². The van der Waals surface area contributed by atoms with E-state index >= 15 is 0 Å². The molecule has 9 rings (SSSR count). The summed E-state index contributed by atoms with van der Waals surface area (Å²) >= 11 is 1.75. The monoisotopic (exact) mass is 643 g/mol. The second-order valence-electron chi connectivity index (χ2n) is 12.1. The van der Waals surface area contributed by atoms with E-state index in [1.54, 1.807) is 11.3 Å². The zero-order chi connectivity index (χ0) is 32.6. The Bertz CT molecular complexity index is 2540. The Kier molecular flexibility index (Phi) is 7.34. The molecular formula is C45H29N3S. The lowest BCUT2D eigenvalue weighted by Crippen LogP contribution is -1.94. The minimum atomic E-state index is 0.720. The molecule has 6 aromatic carbocycles. The van der Waals surface area contributed by atoms with Crippen LogP contribution in [0.15, 0.2) is 176 Å². The van der Waals surface area contributed by atoms with Crippen molar-refractivity contribution in [3.05, 3.63) is 176 Å². The summed E-state index contributed by atoms with van der Waals surface area (Å²) in [5.74, 6) is 0.720. The Morgan fingerprint density at radius 2 is 0.878 bits per heavy atom. The molecule has 0 N–H and O–H groups in total. The van der Waals surface area contributed by atoms with Crippen LogP contribution in [0.3, 0.4) is 0 Å². The predicted octanol–water partition coefficient (Wildman–Crippen LogP) is 12.2. The molecule has 0 saturated carbocycles. The molecule has 0 unspecified atom stereocenters. The average molecular weight is 644 g/mol. The van der Waals surface area contributed by atoms with Crippen LogP contribution in [-0.4, -0.2) is 15.0 Å². The molecular weight excluding hydrogens is 615 g/mol. The number of hydrogen-bond donors (Lipinski definition) is 0. The second-order valence-corrected chi connectivity index (χ2v) is 13.1. The molecule has 3 nitrogen and oxygen atoms in total. The van der Waals surface area contributed by atoms with Gasteiger partial charge in [-0.25, -0.2) is 15.0 Å². The summed E-state index contributed by atoms with van der Waals surface area (Å²) in [5.41, 5.74) is 12.6. The highest BCUT2D eigenvalue weighted by atomic mass is 32.1. The van der Waals surface area contributed by atoms with Crippen LogP contribution in [0.4, 0.5) is 0 Å². The summed E-state index contributed by atoms with van der Waals surface area (Å²) in [6, 6.07) is 61.4. The molecule has 3 heterocycles. The van der Waals surface area contributed by atoms with Crippen LogP contribution in [0, 0.1) is 0 Å². The molecule has 0 saturated heterocycles. The first-order valence-electron chi connectivity index (χ1n) is 16.4. The number of hydrogen-bond acceptors (Lipinski definition) is 4. The van der Waals surface area contributed by atoms with Crippen molar-refractivity contribution in [2.24, 2.45) is 0 Å². The van der Waals surface area contributed by atoms with E-state index in [2.05, 4.69) is 164 Å². The van der Waals surface area contributed by atoms with Gasteiger partial charge in [-0.2, -0.15) is 0 Å². The topological polar surface area (TPSA) is 38.7 Å². The largest absolute Gasteiger partial charge is 0.248 e. The smallest absolute Gasteiger partial charge is 0.160 e. The lowest BCUT2D eigenvalue weighted by Gasteiger charge is -2.12. The highest BCUT2D eigenvalue weighted by molar-refractivity contribution is 7.26. The van der Waals surface area contributed by atoms with Gasteiger partial charge in [-0.3, -0.25) is 0 Å². The summed E-state index contributed by atoms with van der Waals surface area (Å²) in [4.78, 5) is 15.6. The third-order valence-electron chi connectivity index (χ3n) is 8.88. The van der Waals surface area contributed by atoms with E-state index in [0.29, 0.717) is 0 Å². The molecule has 230 valence electrons. The molecule has 0 amide bonds. The summed E-state index contributed by atoms with van der Waals surface area (Å²) in [7, 11) is 0. The van der Waals surface area contributed by atoms with Crippen LogP contribution >= 0.6 is 11.3 Å². The van der Waals surface area contributed by atoms with Gasteiger partial charge in [0.15, 0.2) is 5.82 Å². The van der Waals surface area contributed by atoms with Crippen LogP contribution in [0.2, 0.25) is 0 Å². The normalized spacial score (nSPS) is 11.3. The number of aromatic nitrogens is 3. The first-order valence-corrected chi connectivity index (χ1v) is 17.2. The maximum Gasteiger partial charge on any atom is 0.160 e. The molecule has 0 fully saturated rings. The van der Waals surface area contributed by atoms with Gasteiger partial charge in [0.25, 0.3) is 0 Å². The zero-order valence-corrected chi connectivity index (χ0v) is 27.3. The van der Waals surface area contributed by atoms with Crippen molar-refractivity contribution in [1.29, 1.82) is 0 Å². The number of thiophene rings is 1. The zero-order valence-electron chi connectivity index (χ0n) is 26.5. The van der Waals surface area contributed by atoms with Crippen LogP contribution in [0.1, 0.15) is 0 Å². The van der Waals surface area contributed by atoms with Crippen molar-refractivity contribution in [2.75, 3.05) is 0 Å².